The van der Waals surface area contributed by atoms with Gasteiger partial charge in [0.1, 0.15) is 12.1 Å². The van der Waals surface area contributed by atoms with Crippen molar-refractivity contribution in [3.63, 3.8) is 0 Å². The molecule has 2 aromatic heterocycles. The fourth-order valence-electron chi connectivity index (χ4n) is 1.51. The van der Waals surface area contributed by atoms with E-state index in [2.05, 4.69) is 36.6 Å². The van der Waals surface area contributed by atoms with Crippen LogP contribution in [0.4, 0.5) is 5.82 Å². The molecule has 2 aromatic rings. The first-order valence-corrected chi connectivity index (χ1v) is 7.29. The van der Waals surface area contributed by atoms with E-state index in [1.807, 2.05) is 19.9 Å². The molecular formula is C12H14BrN3OS. The van der Waals surface area contributed by atoms with Gasteiger partial charge in [-0.15, -0.1) is 11.3 Å². The zero-order valence-corrected chi connectivity index (χ0v) is 12.6. The fraction of sp³-hybridized carbons (Fsp3) is 0.333. The molecule has 6 heteroatoms. The van der Waals surface area contributed by atoms with Gasteiger partial charge in [0.15, 0.2) is 0 Å². The Morgan fingerprint density at radius 2 is 2.28 bits per heavy atom. The molecule has 0 unspecified atom stereocenters. The Balaban J connectivity index is 2.10. The smallest absolute Gasteiger partial charge is 0.221 e. The fourth-order valence-corrected chi connectivity index (χ4v) is 2.94. The molecule has 0 bridgehead atoms. The normalized spacial score (nSPS) is 10.4. The average molecular weight is 328 g/mol. The molecule has 0 aliphatic heterocycles. The minimum Gasteiger partial charge on any atom is -0.478 e. The van der Waals surface area contributed by atoms with Crippen molar-refractivity contribution in [3.05, 3.63) is 32.7 Å². The lowest BCUT2D eigenvalue weighted by Crippen LogP contribution is -2.05. The third kappa shape index (κ3) is 3.00. The predicted molar refractivity (Wildman–Crippen MR) is 77.3 cm³/mol. The first-order valence-electron chi connectivity index (χ1n) is 5.62. The Bertz CT molecular complexity index is 530. The van der Waals surface area contributed by atoms with Crippen LogP contribution in [0.15, 0.2) is 22.2 Å². The maximum Gasteiger partial charge on any atom is 0.221 e. The average Bonchev–Trinajstić information content (AvgIpc) is 2.76. The molecule has 4 nitrogen and oxygen atoms in total. The highest BCUT2D eigenvalue weighted by Crippen LogP contribution is 2.25. The van der Waals surface area contributed by atoms with E-state index in [1.165, 1.54) is 11.2 Å². The zero-order chi connectivity index (χ0) is 13.0. The second kappa shape index (κ2) is 6.15. The van der Waals surface area contributed by atoms with Crippen molar-refractivity contribution in [3.8, 4) is 5.88 Å². The van der Waals surface area contributed by atoms with Crippen LogP contribution in [-0.2, 0) is 6.54 Å². The molecule has 1 N–H and O–H groups in total. The van der Waals surface area contributed by atoms with Crippen molar-refractivity contribution in [1.82, 2.24) is 9.97 Å². The Morgan fingerprint density at radius 3 is 2.94 bits per heavy atom. The van der Waals surface area contributed by atoms with E-state index in [-0.39, 0.29) is 0 Å². The largest absolute Gasteiger partial charge is 0.478 e. The molecule has 0 saturated carbocycles. The summed E-state index contributed by atoms with van der Waals surface area (Å²) in [5.74, 6) is 1.45. The Hall–Kier alpha value is -1.14. The number of rotatable bonds is 5. The maximum atomic E-state index is 5.44. The van der Waals surface area contributed by atoms with Crippen LogP contribution in [0.3, 0.4) is 0 Å². The number of hydrogen-bond donors (Lipinski definition) is 1. The monoisotopic (exact) mass is 327 g/mol. The van der Waals surface area contributed by atoms with Gasteiger partial charge in [-0.2, -0.15) is 0 Å². The van der Waals surface area contributed by atoms with E-state index in [4.69, 9.17) is 4.74 Å². The summed E-state index contributed by atoms with van der Waals surface area (Å²) in [5, 5.41) is 5.36. The van der Waals surface area contributed by atoms with E-state index in [0.29, 0.717) is 12.5 Å². The molecule has 0 saturated heterocycles. The van der Waals surface area contributed by atoms with Gasteiger partial charge in [-0.05, 0) is 41.2 Å². The molecule has 0 amide bonds. The molecule has 0 aliphatic rings. The van der Waals surface area contributed by atoms with Gasteiger partial charge in [-0.25, -0.2) is 9.97 Å². The van der Waals surface area contributed by atoms with Crippen LogP contribution in [0.2, 0.25) is 0 Å². The van der Waals surface area contributed by atoms with Crippen molar-refractivity contribution >= 4 is 33.1 Å². The van der Waals surface area contributed by atoms with Crippen molar-refractivity contribution < 1.29 is 4.74 Å². The molecular weight excluding hydrogens is 314 g/mol. The maximum absolute atomic E-state index is 5.44. The van der Waals surface area contributed by atoms with Gasteiger partial charge in [0.25, 0.3) is 0 Å². The third-order valence-corrected chi connectivity index (χ3v) is 4.35. The van der Waals surface area contributed by atoms with Crippen LogP contribution in [0.5, 0.6) is 5.88 Å². The summed E-state index contributed by atoms with van der Waals surface area (Å²) in [7, 11) is 0. The lowest BCUT2D eigenvalue weighted by Gasteiger charge is -2.10. The molecule has 2 heterocycles. The number of anilines is 1. The topological polar surface area (TPSA) is 47.0 Å². The molecule has 0 spiro atoms. The van der Waals surface area contributed by atoms with E-state index in [9.17, 15) is 0 Å². The number of thiophene rings is 1. The number of nitrogens with zero attached hydrogens (tertiary/aromatic N) is 2. The first-order chi connectivity index (χ1) is 8.72. The minimum atomic E-state index is 0.605. The van der Waals surface area contributed by atoms with E-state index in [1.54, 1.807) is 11.3 Å². The lowest BCUT2D eigenvalue weighted by molar-refractivity contribution is 0.324. The van der Waals surface area contributed by atoms with Gasteiger partial charge in [0, 0.05) is 9.35 Å². The number of halogens is 1. The molecule has 2 rings (SSSR count). The van der Waals surface area contributed by atoms with Crippen molar-refractivity contribution in [1.29, 1.82) is 0 Å². The standard InChI is InChI=1S/C12H14BrN3OS/c1-3-17-12-8(2)11(15-7-16-12)14-6-10-9(13)4-5-18-10/h4-5,7H,3,6H2,1-2H3,(H,14,15,16). The molecule has 18 heavy (non-hydrogen) atoms. The summed E-state index contributed by atoms with van der Waals surface area (Å²) >= 11 is 5.22. The van der Waals surface area contributed by atoms with Gasteiger partial charge in [0.2, 0.25) is 5.88 Å². The SMILES string of the molecule is CCOc1ncnc(NCc2sccc2Br)c1C. The highest BCUT2D eigenvalue weighted by Gasteiger charge is 2.08. The van der Waals surface area contributed by atoms with Gasteiger partial charge in [-0.3, -0.25) is 0 Å². The van der Waals surface area contributed by atoms with E-state index in [0.717, 1.165) is 22.4 Å². The third-order valence-electron chi connectivity index (χ3n) is 2.43. The zero-order valence-electron chi connectivity index (χ0n) is 10.2. The highest BCUT2D eigenvalue weighted by molar-refractivity contribution is 9.10. The summed E-state index contributed by atoms with van der Waals surface area (Å²) in [4.78, 5) is 9.59. The second-order valence-corrected chi connectivity index (χ2v) is 5.49. The van der Waals surface area contributed by atoms with Crippen molar-refractivity contribution in [2.24, 2.45) is 0 Å². The number of nitrogens with one attached hydrogen (secondary N) is 1. The quantitative estimate of drug-likeness (QED) is 0.911. The molecule has 96 valence electrons. The van der Waals surface area contributed by atoms with Crippen molar-refractivity contribution in [2.45, 2.75) is 20.4 Å². The summed E-state index contributed by atoms with van der Waals surface area (Å²) in [6.07, 6.45) is 1.52. The summed E-state index contributed by atoms with van der Waals surface area (Å²) < 4.78 is 6.56. The summed E-state index contributed by atoms with van der Waals surface area (Å²) in [5.41, 5.74) is 0.937. The van der Waals surface area contributed by atoms with Crippen LogP contribution >= 0.6 is 27.3 Å². The summed E-state index contributed by atoms with van der Waals surface area (Å²) in [6, 6.07) is 2.04. The molecule has 0 atom stereocenters. The number of aromatic nitrogens is 2. The highest BCUT2D eigenvalue weighted by atomic mass is 79.9. The number of ether oxygens (including phenoxy) is 1. The molecule has 0 fully saturated rings. The van der Waals surface area contributed by atoms with Crippen LogP contribution in [0.25, 0.3) is 0 Å². The minimum absolute atomic E-state index is 0.605. The van der Waals surface area contributed by atoms with Crippen LogP contribution in [0, 0.1) is 6.92 Å². The number of hydrogen-bond acceptors (Lipinski definition) is 5. The summed E-state index contributed by atoms with van der Waals surface area (Å²) in [6.45, 7) is 5.24. The molecule has 0 aliphatic carbocycles. The van der Waals surface area contributed by atoms with Crippen LogP contribution in [-0.4, -0.2) is 16.6 Å². The van der Waals surface area contributed by atoms with E-state index < -0.39 is 0 Å². The van der Waals surface area contributed by atoms with Gasteiger partial charge < -0.3 is 10.1 Å². The molecule has 0 aromatic carbocycles. The first kappa shape index (κ1) is 13.3. The lowest BCUT2D eigenvalue weighted by atomic mass is 10.3. The Kier molecular flexibility index (Phi) is 4.54. The Labute approximate surface area is 119 Å². The molecule has 0 radical (unpaired) electrons. The van der Waals surface area contributed by atoms with Gasteiger partial charge in [-0.1, -0.05) is 0 Å². The van der Waals surface area contributed by atoms with Gasteiger partial charge >= 0.3 is 0 Å². The van der Waals surface area contributed by atoms with Gasteiger partial charge in [0.05, 0.1) is 18.7 Å². The van der Waals surface area contributed by atoms with Crippen LogP contribution in [0.1, 0.15) is 17.4 Å². The van der Waals surface area contributed by atoms with E-state index >= 15 is 0 Å². The van der Waals surface area contributed by atoms with Crippen molar-refractivity contribution in [2.75, 3.05) is 11.9 Å². The predicted octanol–water partition coefficient (Wildman–Crippen LogP) is 3.62. The van der Waals surface area contributed by atoms with Crippen LogP contribution < -0.4 is 10.1 Å². The second-order valence-electron chi connectivity index (χ2n) is 3.63. The Morgan fingerprint density at radius 1 is 1.44 bits per heavy atom.